The lowest BCUT2D eigenvalue weighted by Crippen LogP contribution is -1.95. The first kappa shape index (κ1) is 17.0. The Balaban J connectivity index is 0.000000741. The fraction of sp³-hybridized carbons (Fsp3) is 0.294. The van der Waals surface area contributed by atoms with Crippen LogP contribution in [0.1, 0.15) is 38.8 Å². The summed E-state index contributed by atoms with van der Waals surface area (Å²) in [6.45, 7) is 8.00. The molecule has 2 aromatic rings. The fourth-order valence-electron chi connectivity index (χ4n) is 1.55. The fourth-order valence-corrected chi connectivity index (χ4v) is 1.55. The molecule has 0 spiro atoms. The Morgan fingerprint density at radius 1 is 0.737 bits per heavy atom. The maximum atomic E-state index is 5.87. The van der Waals surface area contributed by atoms with Crippen molar-refractivity contribution in [2.45, 2.75) is 34.1 Å². The first-order valence-corrected chi connectivity index (χ1v) is 6.93. The Morgan fingerprint density at radius 3 is 1.79 bits per heavy atom. The van der Waals surface area contributed by atoms with E-state index in [0.717, 1.165) is 23.4 Å². The third kappa shape index (κ3) is 5.96. The van der Waals surface area contributed by atoms with Crippen molar-refractivity contribution in [3.63, 3.8) is 0 Å². The maximum absolute atomic E-state index is 5.87. The topological polar surface area (TPSA) is 52.0 Å². The zero-order valence-corrected chi connectivity index (χ0v) is 12.5. The lowest BCUT2D eigenvalue weighted by atomic mass is 10.0. The van der Waals surface area contributed by atoms with Gasteiger partial charge < -0.3 is 11.5 Å². The highest BCUT2D eigenvalue weighted by molar-refractivity contribution is 5.49. The van der Waals surface area contributed by atoms with Crippen LogP contribution in [0.15, 0.2) is 48.5 Å². The van der Waals surface area contributed by atoms with Crippen LogP contribution in [0.3, 0.4) is 0 Å². The zero-order chi connectivity index (χ0) is 14.7. The van der Waals surface area contributed by atoms with Crippen molar-refractivity contribution in [3.05, 3.63) is 59.7 Å². The van der Waals surface area contributed by atoms with Crippen molar-refractivity contribution >= 4 is 11.4 Å². The highest BCUT2D eigenvalue weighted by Gasteiger charge is 1.99. The molecule has 0 aromatic heterocycles. The van der Waals surface area contributed by atoms with Crippen LogP contribution in [0.25, 0.3) is 0 Å². The first-order chi connectivity index (χ1) is 9.25. The van der Waals surface area contributed by atoms with Crippen molar-refractivity contribution in [2.75, 3.05) is 11.5 Å². The summed E-state index contributed by atoms with van der Waals surface area (Å²) >= 11 is 0. The molecule has 0 aliphatic carbocycles. The van der Waals surface area contributed by atoms with E-state index in [9.17, 15) is 0 Å². The van der Waals surface area contributed by atoms with Gasteiger partial charge >= 0.3 is 0 Å². The van der Waals surface area contributed by atoms with E-state index in [1.54, 1.807) is 0 Å². The summed E-state index contributed by atoms with van der Waals surface area (Å²) in [5.74, 6) is 0. The second-order valence-electron chi connectivity index (χ2n) is 3.62. The van der Waals surface area contributed by atoms with E-state index in [-0.39, 0.29) is 0 Å². The molecule has 0 saturated heterocycles. The summed E-state index contributed by atoms with van der Waals surface area (Å²) in [5, 5.41) is 0. The third-order valence-electron chi connectivity index (χ3n) is 2.43. The van der Waals surface area contributed by atoms with Gasteiger partial charge in [-0.3, -0.25) is 0 Å². The van der Waals surface area contributed by atoms with Crippen LogP contribution in [0.5, 0.6) is 0 Å². The third-order valence-corrected chi connectivity index (χ3v) is 2.43. The highest BCUT2D eigenvalue weighted by Crippen LogP contribution is 2.16. The Hall–Kier alpha value is -1.96. The van der Waals surface area contributed by atoms with Crippen LogP contribution in [-0.2, 0) is 6.42 Å². The van der Waals surface area contributed by atoms with E-state index in [0.29, 0.717) is 0 Å². The Labute approximate surface area is 117 Å². The minimum Gasteiger partial charge on any atom is -0.399 e. The average molecular weight is 258 g/mol. The molecule has 0 aliphatic heterocycles. The molecule has 0 fully saturated rings. The molecular formula is C17H26N2. The van der Waals surface area contributed by atoms with Crippen molar-refractivity contribution < 1.29 is 0 Å². The number of rotatable bonds is 2. The van der Waals surface area contributed by atoms with E-state index in [2.05, 4.69) is 0 Å². The van der Waals surface area contributed by atoms with Gasteiger partial charge in [0.15, 0.2) is 0 Å². The van der Waals surface area contributed by atoms with E-state index in [1.165, 1.54) is 5.56 Å². The van der Waals surface area contributed by atoms with Gasteiger partial charge in [-0.2, -0.15) is 0 Å². The smallest absolute Gasteiger partial charge is 0.0349 e. The summed E-state index contributed by atoms with van der Waals surface area (Å²) in [7, 11) is 0. The summed E-state index contributed by atoms with van der Waals surface area (Å²) in [6.07, 6.45) is 0.854. The minimum atomic E-state index is 0.791. The minimum absolute atomic E-state index is 0.791. The molecule has 0 heterocycles. The van der Waals surface area contributed by atoms with Crippen LogP contribution in [0, 0.1) is 0 Å². The number of hydrogen-bond acceptors (Lipinski definition) is 2. The molecule has 2 heteroatoms. The molecule has 4 N–H and O–H groups in total. The van der Waals surface area contributed by atoms with E-state index in [1.807, 2.05) is 76.2 Å². The molecule has 2 nitrogen and oxygen atoms in total. The summed E-state index contributed by atoms with van der Waals surface area (Å²) in [6, 6.07) is 15.8. The number of para-hydroxylation sites is 1. The quantitative estimate of drug-likeness (QED) is 0.779. The van der Waals surface area contributed by atoms with Crippen molar-refractivity contribution in [1.82, 2.24) is 0 Å². The molecule has 0 saturated carbocycles. The number of hydrogen-bond donors (Lipinski definition) is 2. The lowest BCUT2D eigenvalue weighted by Gasteiger charge is -2.05. The lowest BCUT2D eigenvalue weighted by molar-refractivity contribution is 1.20. The largest absolute Gasteiger partial charge is 0.399 e. The van der Waals surface area contributed by atoms with Crippen LogP contribution in [0.2, 0.25) is 0 Å². The Bertz CT molecular complexity index is 447. The second kappa shape index (κ2) is 10.0. The van der Waals surface area contributed by atoms with Gasteiger partial charge in [-0.15, -0.1) is 0 Å². The number of anilines is 2. The molecule has 0 atom stereocenters. The van der Waals surface area contributed by atoms with Crippen LogP contribution < -0.4 is 11.5 Å². The predicted octanol–water partition coefficient (Wildman–Crippen LogP) is 4.49. The number of nitrogen functional groups attached to an aromatic ring is 2. The molecular weight excluding hydrogens is 232 g/mol. The van der Waals surface area contributed by atoms with E-state index < -0.39 is 0 Å². The molecule has 104 valence electrons. The van der Waals surface area contributed by atoms with Crippen molar-refractivity contribution in [2.24, 2.45) is 0 Å². The predicted molar refractivity (Wildman–Crippen MR) is 87.2 cm³/mol. The summed E-state index contributed by atoms with van der Waals surface area (Å²) < 4.78 is 0. The zero-order valence-electron chi connectivity index (χ0n) is 12.5. The normalized spacial score (nSPS) is 8.63. The van der Waals surface area contributed by atoms with Gasteiger partial charge in [0.1, 0.15) is 0 Å². The second-order valence-corrected chi connectivity index (χ2v) is 3.62. The van der Waals surface area contributed by atoms with Gasteiger partial charge in [-0.1, -0.05) is 58.0 Å². The summed E-state index contributed by atoms with van der Waals surface area (Å²) in [5.41, 5.74) is 15.5. The van der Waals surface area contributed by atoms with Gasteiger partial charge in [-0.25, -0.2) is 0 Å². The number of nitrogens with two attached hydrogens (primary N) is 2. The highest BCUT2D eigenvalue weighted by atomic mass is 14.6. The van der Waals surface area contributed by atoms with Gasteiger partial charge in [0.2, 0.25) is 0 Å². The maximum Gasteiger partial charge on any atom is 0.0349 e. The van der Waals surface area contributed by atoms with Crippen LogP contribution in [0.4, 0.5) is 11.4 Å². The molecule has 0 amide bonds. The first-order valence-electron chi connectivity index (χ1n) is 6.93. The SMILES string of the molecule is CC.CC.Nc1ccc(Cc2ccccc2N)cc1. The number of benzene rings is 2. The Kier molecular flexibility index (Phi) is 8.98. The van der Waals surface area contributed by atoms with Crippen LogP contribution >= 0.6 is 0 Å². The molecule has 0 bridgehead atoms. The van der Waals surface area contributed by atoms with Crippen molar-refractivity contribution in [1.29, 1.82) is 0 Å². The molecule has 2 aromatic carbocycles. The average Bonchev–Trinajstić information content (AvgIpc) is 2.48. The van der Waals surface area contributed by atoms with Gasteiger partial charge in [0, 0.05) is 11.4 Å². The standard InChI is InChI=1S/C13H14N2.2C2H6/c14-12-7-5-10(6-8-12)9-11-3-1-2-4-13(11)15;2*1-2/h1-8H,9,14-15H2;2*1-2H3. The van der Waals surface area contributed by atoms with Gasteiger partial charge in [0.05, 0.1) is 0 Å². The molecule has 0 unspecified atom stereocenters. The molecule has 2 rings (SSSR count). The Morgan fingerprint density at radius 2 is 1.26 bits per heavy atom. The molecule has 0 radical (unpaired) electrons. The van der Waals surface area contributed by atoms with Crippen LogP contribution in [-0.4, -0.2) is 0 Å². The monoisotopic (exact) mass is 258 g/mol. The van der Waals surface area contributed by atoms with Gasteiger partial charge in [-0.05, 0) is 35.7 Å². The molecule has 19 heavy (non-hydrogen) atoms. The van der Waals surface area contributed by atoms with E-state index >= 15 is 0 Å². The van der Waals surface area contributed by atoms with Crippen molar-refractivity contribution in [3.8, 4) is 0 Å². The molecule has 0 aliphatic rings. The summed E-state index contributed by atoms with van der Waals surface area (Å²) in [4.78, 5) is 0. The van der Waals surface area contributed by atoms with Gasteiger partial charge in [0.25, 0.3) is 0 Å². The van der Waals surface area contributed by atoms with E-state index in [4.69, 9.17) is 11.5 Å².